The normalized spacial score (nSPS) is 10.8. The molecule has 0 radical (unpaired) electrons. The van der Waals surface area contributed by atoms with Crippen LogP contribution in [0, 0.1) is 0 Å². The van der Waals surface area contributed by atoms with Crippen molar-refractivity contribution in [3.8, 4) is 0 Å². The van der Waals surface area contributed by atoms with Crippen LogP contribution in [-0.2, 0) is 11.2 Å². The molecule has 5 nitrogen and oxygen atoms in total. The maximum absolute atomic E-state index is 5.52. The first kappa shape index (κ1) is 13.1. The van der Waals surface area contributed by atoms with Crippen LogP contribution >= 0.6 is 0 Å². The van der Waals surface area contributed by atoms with E-state index in [1.54, 1.807) is 0 Å². The van der Waals surface area contributed by atoms with Crippen LogP contribution in [-0.4, -0.2) is 33.8 Å². The van der Waals surface area contributed by atoms with Crippen LogP contribution in [0.3, 0.4) is 0 Å². The quantitative estimate of drug-likeness (QED) is 0.621. The Balaban J connectivity index is 1.78. The van der Waals surface area contributed by atoms with Gasteiger partial charge < -0.3 is 4.74 Å². The third kappa shape index (κ3) is 6.50. The number of hydrogen-bond acceptors (Lipinski definition) is 4. The Morgan fingerprint density at radius 3 is 2.56 bits per heavy atom. The lowest BCUT2D eigenvalue weighted by Gasteiger charge is -2.02. The zero-order valence-electron chi connectivity index (χ0n) is 10.1. The smallest absolute Gasteiger partial charge is 0.174 e. The summed E-state index contributed by atoms with van der Waals surface area (Å²) in [5.74, 6) is 0.809. The second-order valence-corrected chi connectivity index (χ2v) is 3.96. The van der Waals surface area contributed by atoms with Crippen molar-refractivity contribution in [1.29, 1.82) is 0 Å². The second-order valence-electron chi connectivity index (χ2n) is 3.96. The van der Waals surface area contributed by atoms with Gasteiger partial charge in [-0.2, -0.15) is 5.21 Å². The molecule has 0 fully saturated rings. The van der Waals surface area contributed by atoms with Crippen molar-refractivity contribution >= 4 is 0 Å². The van der Waals surface area contributed by atoms with Crippen LogP contribution in [0.25, 0.3) is 0 Å². The molecular formula is C11H22N4O. The van der Waals surface area contributed by atoms with Crippen molar-refractivity contribution in [1.82, 2.24) is 20.6 Å². The van der Waals surface area contributed by atoms with Crippen LogP contribution in [0.1, 0.15) is 51.3 Å². The largest absolute Gasteiger partial charge is 0.381 e. The Kier molecular flexibility index (Phi) is 7.59. The molecule has 0 aliphatic carbocycles. The fourth-order valence-electron chi connectivity index (χ4n) is 1.51. The number of nitrogens with one attached hydrogen (secondary N) is 1. The summed E-state index contributed by atoms with van der Waals surface area (Å²) < 4.78 is 5.52. The van der Waals surface area contributed by atoms with Gasteiger partial charge in [0, 0.05) is 19.6 Å². The minimum Gasteiger partial charge on any atom is -0.381 e. The summed E-state index contributed by atoms with van der Waals surface area (Å²) in [7, 11) is 0. The van der Waals surface area contributed by atoms with Gasteiger partial charge in [0.2, 0.25) is 0 Å². The van der Waals surface area contributed by atoms with Crippen molar-refractivity contribution < 1.29 is 4.74 Å². The summed E-state index contributed by atoms with van der Waals surface area (Å²) in [6.07, 6.45) is 8.04. The van der Waals surface area contributed by atoms with Gasteiger partial charge in [-0.15, -0.1) is 10.2 Å². The molecule has 0 aromatic carbocycles. The van der Waals surface area contributed by atoms with Gasteiger partial charge in [0.25, 0.3) is 0 Å². The topological polar surface area (TPSA) is 63.7 Å². The van der Waals surface area contributed by atoms with Gasteiger partial charge in [-0.1, -0.05) is 31.4 Å². The van der Waals surface area contributed by atoms with Crippen molar-refractivity contribution in [3.63, 3.8) is 0 Å². The van der Waals surface area contributed by atoms with Crippen molar-refractivity contribution in [3.05, 3.63) is 5.82 Å². The first-order valence-electron chi connectivity index (χ1n) is 6.23. The van der Waals surface area contributed by atoms with E-state index >= 15 is 0 Å². The Hall–Kier alpha value is -0.970. The summed E-state index contributed by atoms with van der Waals surface area (Å²) in [5.41, 5.74) is 0. The molecule has 0 saturated carbocycles. The van der Waals surface area contributed by atoms with Crippen LogP contribution in [0.15, 0.2) is 0 Å². The van der Waals surface area contributed by atoms with Gasteiger partial charge in [-0.3, -0.25) is 0 Å². The first-order valence-corrected chi connectivity index (χ1v) is 6.23. The minimum atomic E-state index is 0.809. The molecule has 5 heteroatoms. The highest BCUT2D eigenvalue weighted by Gasteiger charge is 1.97. The second kappa shape index (κ2) is 9.27. The molecule has 0 aliphatic rings. The molecule has 1 aromatic heterocycles. The van der Waals surface area contributed by atoms with Gasteiger partial charge in [-0.05, 0) is 19.3 Å². The zero-order chi connectivity index (χ0) is 11.5. The lowest BCUT2D eigenvalue weighted by Crippen LogP contribution is -1.97. The molecule has 0 bridgehead atoms. The third-order valence-corrected chi connectivity index (χ3v) is 2.47. The number of nitrogens with zero attached hydrogens (tertiary/aromatic N) is 3. The third-order valence-electron chi connectivity index (χ3n) is 2.47. The van der Waals surface area contributed by atoms with Crippen LogP contribution in [0.2, 0.25) is 0 Å². The number of hydrogen-bond donors (Lipinski definition) is 1. The highest BCUT2D eigenvalue weighted by Crippen LogP contribution is 2.01. The van der Waals surface area contributed by atoms with Crippen molar-refractivity contribution in [2.24, 2.45) is 0 Å². The Labute approximate surface area is 97.0 Å². The number of aryl methyl sites for hydroxylation is 1. The number of tetrazole rings is 1. The summed E-state index contributed by atoms with van der Waals surface area (Å²) in [5, 5.41) is 13.8. The predicted molar refractivity (Wildman–Crippen MR) is 62.1 cm³/mol. The first-order chi connectivity index (χ1) is 7.93. The lowest BCUT2D eigenvalue weighted by atomic mass is 10.2. The molecule has 0 saturated heterocycles. The fourth-order valence-corrected chi connectivity index (χ4v) is 1.51. The molecule has 0 atom stereocenters. The van der Waals surface area contributed by atoms with Crippen molar-refractivity contribution in [2.75, 3.05) is 13.2 Å². The van der Waals surface area contributed by atoms with Crippen LogP contribution in [0.5, 0.6) is 0 Å². The highest BCUT2D eigenvalue weighted by atomic mass is 16.5. The summed E-state index contributed by atoms with van der Waals surface area (Å²) in [6.45, 7) is 4.01. The average molecular weight is 226 g/mol. The lowest BCUT2D eigenvalue weighted by molar-refractivity contribution is 0.126. The van der Waals surface area contributed by atoms with Crippen LogP contribution in [0.4, 0.5) is 0 Å². The van der Waals surface area contributed by atoms with E-state index < -0.39 is 0 Å². The fraction of sp³-hybridized carbons (Fsp3) is 0.909. The maximum Gasteiger partial charge on any atom is 0.174 e. The molecule has 1 aromatic rings. The Bertz CT molecular complexity index is 238. The zero-order valence-corrected chi connectivity index (χ0v) is 10.1. The number of aromatic nitrogens is 4. The Morgan fingerprint density at radius 1 is 1.06 bits per heavy atom. The number of H-pyrrole nitrogens is 1. The molecule has 16 heavy (non-hydrogen) atoms. The monoisotopic (exact) mass is 226 g/mol. The minimum absolute atomic E-state index is 0.809. The molecule has 92 valence electrons. The van der Waals surface area contributed by atoms with E-state index in [1.165, 1.54) is 25.7 Å². The number of aromatic amines is 1. The number of rotatable bonds is 10. The SMILES string of the molecule is CCCCCOCCCCCc1nn[nH]n1. The van der Waals surface area contributed by atoms with Gasteiger partial charge in [-0.25, -0.2) is 0 Å². The molecule has 1 rings (SSSR count). The Morgan fingerprint density at radius 2 is 1.88 bits per heavy atom. The molecule has 0 spiro atoms. The molecule has 0 unspecified atom stereocenters. The summed E-state index contributed by atoms with van der Waals surface area (Å²) in [4.78, 5) is 0. The van der Waals surface area contributed by atoms with Gasteiger partial charge >= 0.3 is 0 Å². The molecule has 1 heterocycles. The highest BCUT2D eigenvalue weighted by molar-refractivity contribution is 4.74. The van der Waals surface area contributed by atoms with Gasteiger partial charge in [0.05, 0.1) is 0 Å². The van der Waals surface area contributed by atoms with E-state index in [1.807, 2.05) is 0 Å². The molecular weight excluding hydrogens is 204 g/mol. The van der Waals surface area contributed by atoms with Crippen molar-refractivity contribution in [2.45, 2.75) is 51.9 Å². The standard InChI is InChI=1S/C11H22N4O/c1-2-3-6-9-16-10-7-4-5-8-11-12-14-15-13-11/h2-10H2,1H3,(H,12,13,14,15). The van der Waals surface area contributed by atoms with E-state index in [4.69, 9.17) is 4.74 Å². The van der Waals surface area contributed by atoms with E-state index in [9.17, 15) is 0 Å². The predicted octanol–water partition coefficient (Wildman–Crippen LogP) is 2.12. The van der Waals surface area contributed by atoms with Gasteiger partial charge in [0.1, 0.15) is 0 Å². The summed E-state index contributed by atoms with van der Waals surface area (Å²) >= 11 is 0. The number of ether oxygens (including phenoxy) is 1. The van der Waals surface area contributed by atoms with E-state index in [-0.39, 0.29) is 0 Å². The molecule has 1 N–H and O–H groups in total. The van der Waals surface area contributed by atoms with E-state index in [2.05, 4.69) is 27.5 Å². The maximum atomic E-state index is 5.52. The summed E-state index contributed by atoms with van der Waals surface area (Å²) in [6, 6.07) is 0. The van der Waals surface area contributed by atoms with Crippen LogP contribution < -0.4 is 0 Å². The van der Waals surface area contributed by atoms with E-state index in [0.29, 0.717) is 0 Å². The van der Waals surface area contributed by atoms with E-state index in [0.717, 1.165) is 38.3 Å². The van der Waals surface area contributed by atoms with Gasteiger partial charge in [0.15, 0.2) is 5.82 Å². The molecule has 0 aliphatic heterocycles. The molecule has 0 amide bonds. The number of unbranched alkanes of at least 4 members (excludes halogenated alkanes) is 4. The average Bonchev–Trinajstić information content (AvgIpc) is 2.80.